The van der Waals surface area contributed by atoms with Gasteiger partial charge >= 0.3 is 0 Å². The third kappa shape index (κ3) is 7.06. The molecule has 0 aromatic heterocycles. The van der Waals surface area contributed by atoms with Gasteiger partial charge in [0.2, 0.25) is 0 Å². The highest BCUT2D eigenvalue weighted by molar-refractivity contribution is 4.62. The zero-order valence-corrected chi connectivity index (χ0v) is 9.71. The van der Waals surface area contributed by atoms with Gasteiger partial charge in [-0.25, -0.2) is 0 Å². The van der Waals surface area contributed by atoms with Gasteiger partial charge in [-0.1, -0.05) is 40.5 Å². The average molecular weight is 186 g/mol. The lowest BCUT2D eigenvalue weighted by molar-refractivity contribution is 0.207. The molecule has 1 nitrogen and oxygen atoms in total. The van der Waals surface area contributed by atoms with E-state index < -0.39 is 0 Å². The van der Waals surface area contributed by atoms with Crippen LogP contribution in [0.5, 0.6) is 0 Å². The number of hydrogen-bond acceptors (Lipinski definition) is 1. The number of rotatable bonds is 7. The predicted octanol–water partition coefficient (Wildman–Crippen LogP) is 3.47. The molecule has 0 aliphatic heterocycles. The molecule has 80 valence electrons. The molecule has 3 atom stereocenters. The molecule has 0 bridgehead atoms. The quantitative estimate of drug-likeness (QED) is 0.645. The van der Waals surface area contributed by atoms with Crippen molar-refractivity contribution in [1.82, 2.24) is 0 Å². The fourth-order valence-corrected chi connectivity index (χ4v) is 2.16. The Morgan fingerprint density at radius 1 is 0.923 bits per heavy atom. The predicted molar refractivity (Wildman–Crippen MR) is 58.7 cm³/mol. The van der Waals surface area contributed by atoms with Gasteiger partial charge in [-0.3, -0.25) is 0 Å². The lowest BCUT2D eigenvalue weighted by Gasteiger charge is -2.19. The van der Waals surface area contributed by atoms with Gasteiger partial charge in [-0.2, -0.15) is 0 Å². The van der Waals surface area contributed by atoms with Gasteiger partial charge in [0.25, 0.3) is 0 Å². The normalized spacial score (nSPS) is 18.2. The minimum absolute atomic E-state index is 0.340. The van der Waals surface area contributed by atoms with Crippen molar-refractivity contribution in [3.8, 4) is 0 Å². The molecule has 0 aromatic carbocycles. The van der Waals surface area contributed by atoms with Crippen LogP contribution in [0.15, 0.2) is 0 Å². The second-order valence-corrected chi connectivity index (χ2v) is 4.76. The molecule has 0 saturated heterocycles. The van der Waals surface area contributed by atoms with Gasteiger partial charge in [0.05, 0.1) is 0 Å². The van der Waals surface area contributed by atoms with E-state index in [9.17, 15) is 0 Å². The maximum absolute atomic E-state index is 8.92. The van der Waals surface area contributed by atoms with Crippen molar-refractivity contribution in [2.45, 2.75) is 53.4 Å². The molecule has 0 aromatic rings. The van der Waals surface area contributed by atoms with Crippen molar-refractivity contribution in [3.63, 3.8) is 0 Å². The average Bonchev–Trinajstić information content (AvgIpc) is 2.04. The van der Waals surface area contributed by atoms with Gasteiger partial charge < -0.3 is 5.11 Å². The van der Waals surface area contributed by atoms with Crippen molar-refractivity contribution < 1.29 is 5.11 Å². The molecular formula is C12H26O. The van der Waals surface area contributed by atoms with Gasteiger partial charge in [0, 0.05) is 6.61 Å². The summed E-state index contributed by atoms with van der Waals surface area (Å²) in [7, 11) is 0. The van der Waals surface area contributed by atoms with Crippen molar-refractivity contribution >= 4 is 0 Å². The third-order valence-corrected chi connectivity index (χ3v) is 2.70. The van der Waals surface area contributed by atoms with Crippen LogP contribution in [0.4, 0.5) is 0 Å². The highest BCUT2D eigenvalue weighted by Crippen LogP contribution is 2.21. The minimum atomic E-state index is 0.340. The SMILES string of the molecule is CCC[C@H](C)C[C@H](C)C[C@@H](C)CO. The van der Waals surface area contributed by atoms with Gasteiger partial charge in [0.15, 0.2) is 0 Å². The van der Waals surface area contributed by atoms with E-state index in [0.29, 0.717) is 12.5 Å². The topological polar surface area (TPSA) is 20.2 Å². The molecule has 1 N–H and O–H groups in total. The molecule has 0 amide bonds. The molecule has 0 radical (unpaired) electrons. The Labute approximate surface area is 83.5 Å². The zero-order chi connectivity index (χ0) is 10.3. The van der Waals surface area contributed by atoms with E-state index >= 15 is 0 Å². The van der Waals surface area contributed by atoms with Crippen LogP contribution in [0.2, 0.25) is 0 Å². The molecule has 0 unspecified atom stereocenters. The van der Waals surface area contributed by atoms with Gasteiger partial charge in [-0.15, -0.1) is 0 Å². The molecule has 0 heterocycles. The monoisotopic (exact) mass is 186 g/mol. The molecule has 0 aliphatic carbocycles. The Hall–Kier alpha value is -0.0400. The molecule has 1 heteroatoms. The second-order valence-electron chi connectivity index (χ2n) is 4.76. The zero-order valence-electron chi connectivity index (χ0n) is 9.71. The summed E-state index contributed by atoms with van der Waals surface area (Å²) in [4.78, 5) is 0. The molecule has 0 spiro atoms. The summed E-state index contributed by atoms with van der Waals surface area (Å²) in [6, 6.07) is 0. The third-order valence-electron chi connectivity index (χ3n) is 2.70. The fraction of sp³-hybridized carbons (Fsp3) is 1.00. The van der Waals surface area contributed by atoms with Crippen LogP contribution in [-0.4, -0.2) is 11.7 Å². The van der Waals surface area contributed by atoms with Crippen LogP contribution in [0, 0.1) is 17.8 Å². The summed E-state index contributed by atoms with van der Waals surface area (Å²) in [5, 5.41) is 8.92. The van der Waals surface area contributed by atoms with Crippen molar-refractivity contribution in [3.05, 3.63) is 0 Å². The molecule has 0 rings (SSSR count). The first-order valence-corrected chi connectivity index (χ1v) is 5.70. The van der Waals surface area contributed by atoms with E-state index in [0.717, 1.165) is 11.8 Å². The van der Waals surface area contributed by atoms with Crippen LogP contribution >= 0.6 is 0 Å². The van der Waals surface area contributed by atoms with E-state index in [1.54, 1.807) is 0 Å². The maximum Gasteiger partial charge on any atom is 0.0456 e. The summed E-state index contributed by atoms with van der Waals surface area (Å²) in [5.74, 6) is 2.10. The van der Waals surface area contributed by atoms with E-state index in [1.807, 2.05) is 0 Å². The first kappa shape index (κ1) is 13.0. The van der Waals surface area contributed by atoms with E-state index in [1.165, 1.54) is 25.7 Å². The Kier molecular flexibility index (Phi) is 7.35. The molecule has 0 aliphatic rings. The first-order chi connectivity index (χ1) is 6.10. The molecule has 0 fully saturated rings. The number of aliphatic hydroxyl groups excluding tert-OH is 1. The highest BCUT2D eigenvalue weighted by Gasteiger charge is 2.11. The van der Waals surface area contributed by atoms with E-state index in [4.69, 9.17) is 5.11 Å². The van der Waals surface area contributed by atoms with E-state index in [2.05, 4.69) is 27.7 Å². The summed E-state index contributed by atoms with van der Waals surface area (Å²) < 4.78 is 0. The van der Waals surface area contributed by atoms with Crippen molar-refractivity contribution in [1.29, 1.82) is 0 Å². The molecule has 13 heavy (non-hydrogen) atoms. The largest absolute Gasteiger partial charge is 0.396 e. The lowest BCUT2D eigenvalue weighted by atomic mass is 9.88. The highest BCUT2D eigenvalue weighted by atomic mass is 16.3. The summed E-state index contributed by atoms with van der Waals surface area (Å²) >= 11 is 0. The summed E-state index contributed by atoms with van der Waals surface area (Å²) in [5.41, 5.74) is 0. The summed E-state index contributed by atoms with van der Waals surface area (Å²) in [6.45, 7) is 9.35. The van der Waals surface area contributed by atoms with Crippen molar-refractivity contribution in [2.75, 3.05) is 6.61 Å². The fourth-order valence-electron chi connectivity index (χ4n) is 2.16. The van der Waals surface area contributed by atoms with Crippen LogP contribution in [0.1, 0.15) is 53.4 Å². The number of aliphatic hydroxyl groups is 1. The van der Waals surface area contributed by atoms with Gasteiger partial charge in [0.1, 0.15) is 0 Å². The molecule has 0 saturated carbocycles. The maximum atomic E-state index is 8.92. The Morgan fingerprint density at radius 2 is 1.46 bits per heavy atom. The van der Waals surface area contributed by atoms with Crippen LogP contribution in [-0.2, 0) is 0 Å². The van der Waals surface area contributed by atoms with Crippen LogP contribution in [0.3, 0.4) is 0 Å². The molecular weight excluding hydrogens is 160 g/mol. The van der Waals surface area contributed by atoms with Crippen LogP contribution < -0.4 is 0 Å². The van der Waals surface area contributed by atoms with Crippen molar-refractivity contribution in [2.24, 2.45) is 17.8 Å². The standard InChI is InChI=1S/C12H26O/c1-5-6-10(2)7-11(3)8-12(4)9-13/h10-13H,5-9H2,1-4H3/t10-,11-,12+/m0/s1. The lowest BCUT2D eigenvalue weighted by Crippen LogP contribution is -2.10. The summed E-state index contributed by atoms with van der Waals surface area (Å²) in [6.07, 6.45) is 5.13. The Bertz CT molecular complexity index is 112. The van der Waals surface area contributed by atoms with Crippen LogP contribution in [0.25, 0.3) is 0 Å². The van der Waals surface area contributed by atoms with E-state index in [-0.39, 0.29) is 0 Å². The first-order valence-electron chi connectivity index (χ1n) is 5.70. The smallest absolute Gasteiger partial charge is 0.0456 e. The number of hydrogen-bond donors (Lipinski definition) is 1. The Balaban J connectivity index is 3.54. The van der Waals surface area contributed by atoms with Gasteiger partial charge in [-0.05, 0) is 30.6 Å². The Morgan fingerprint density at radius 3 is 1.92 bits per heavy atom. The minimum Gasteiger partial charge on any atom is -0.396 e. The second kappa shape index (κ2) is 7.37.